The Labute approximate surface area is 194 Å². The van der Waals surface area contributed by atoms with Crippen molar-refractivity contribution in [3.63, 3.8) is 0 Å². The van der Waals surface area contributed by atoms with Crippen LogP contribution in [0.4, 0.5) is 10.1 Å². The number of halogens is 3. The Morgan fingerprint density at radius 3 is 2.39 bits per heavy atom. The van der Waals surface area contributed by atoms with Gasteiger partial charge < -0.3 is 49.0 Å². The molecule has 1 fully saturated rings. The van der Waals surface area contributed by atoms with Gasteiger partial charge >= 0.3 is 0 Å². The summed E-state index contributed by atoms with van der Waals surface area (Å²) in [6.45, 7) is 5.07. The van der Waals surface area contributed by atoms with Crippen molar-refractivity contribution in [2.45, 2.75) is 12.2 Å². The minimum Gasteiger partial charge on any atom is -1.00 e. The van der Waals surface area contributed by atoms with Gasteiger partial charge in [-0.2, -0.15) is 0 Å². The number of aliphatic hydroxyl groups excluding tert-OH is 1. The van der Waals surface area contributed by atoms with Crippen molar-refractivity contribution in [3.8, 4) is 11.5 Å². The Morgan fingerprint density at radius 1 is 1.00 bits per heavy atom. The molecular formula is C22H27Cl2FN2O4-2. The van der Waals surface area contributed by atoms with Gasteiger partial charge in [0.1, 0.15) is 12.4 Å². The molecule has 2 aliphatic heterocycles. The average Bonchev–Trinajstić information content (AvgIpc) is 2.75. The van der Waals surface area contributed by atoms with Crippen molar-refractivity contribution in [2.75, 3.05) is 57.4 Å². The Hall–Kier alpha value is -1.77. The highest BCUT2D eigenvalue weighted by Gasteiger charge is 2.22. The van der Waals surface area contributed by atoms with E-state index in [1.54, 1.807) is 0 Å². The zero-order valence-electron chi connectivity index (χ0n) is 17.1. The Bertz CT molecular complexity index is 791. The predicted octanol–water partition coefficient (Wildman–Crippen LogP) is -3.83. The number of hydrogen-bond donors (Lipinski definition) is 1. The number of rotatable bonds is 7. The van der Waals surface area contributed by atoms with Crippen molar-refractivity contribution in [1.82, 2.24) is 4.90 Å². The average molecular weight is 473 g/mol. The van der Waals surface area contributed by atoms with Crippen molar-refractivity contribution in [1.29, 1.82) is 0 Å². The van der Waals surface area contributed by atoms with Gasteiger partial charge in [-0.05, 0) is 36.4 Å². The molecule has 0 amide bonds. The summed E-state index contributed by atoms with van der Waals surface area (Å²) in [5, 5.41) is 10.3. The molecular weight excluding hydrogens is 446 g/mol. The van der Waals surface area contributed by atoms with Crippen LogP contribution in [-0.4, -0.2) is 74.8 Å². The standard InChI is InChI=1S/C22H27FN2O4.2ClH/c23-17-5-7-18(8-6-17)25-11-9-24(10-12-25)13-19(26)14-27-15-20-16-28-21-3-1-2-4-22(21)29-20;;/h1-8,19-20,26H,9-16H2;2*1H/p-2. The van der Waals surface area contributed by atoms with Crippen LogP contribution in [0.25, 0.3) is 0 Å². The van der Waals surface area contributed by atoms with Crippen LogP contribution in [-0.2, 0) is 4.74 Å². The Morgan fingerprint density at radius 2 is 1.68 bits per heavy atom. The van der Waals surface area contributed by atoms with Gasteiger partial charge in [0.15, 0.2) is 17.6 Å². The first-order chi connectivity index (χ1) is 14.2. The first-order valence-electron chi connectivity index (χ1n) is 10.0. The van der Waals surface area contributed by atoms with Crippen LogP contribution in [0.5, 0.6) is 11.5 Å². The lowest BCUT2D eigenvalue weighted by Gasteiger charge is -2.37. The van der Waals surface area contributed by atoms with Gasteiger partial charge in [0, 0.05) is 38.4 Å². The zero-order chi connectivity index (χ0) is 20.1. The van der Waals surface area contributed by atoms with Gasteiger partial charge in [-0.15, -0.1) is 0 Å². The van der Waals surface area contributed by atoms with E-state index in [2.05, 4.69) is 9.80 Å². The largest absolute Gasteiger partial charge is 1.00 e. The molecule has 1 saturated heterocycles. The quantitative estimate of drug-likeness (QED) is 0.445. The molecule has 2 heterocycles. The van der Waals surface area contributed by atoms with Crippen molar-refractivity contribution in [2.24, 2.45) is 0 Å². The predicted molar refractivity (Wildman–Crippen MR) is 108 cm³/mol. The summed E-state index contributed by atoms with van der Waals surface area (Å²) < 4.78 is 30.3. The van der Waals surface area contributed by atoms with Crippen molar-refractivity contribution in [3.05, 3.63) is 54.3 Å². The minimum absolute atomic E-state index is 0. The summed E-state index contributed by atoms with van der Waals surface area (Å²) in [6, 6.07) is 14.2. The Balaban J connectivity index is 0.00000171. The normalized spacial score (nSPS) is 19.2. The number of para-hydroxylation sites is 2. The van der Waals surface area contributed by atoms with E-state index in [-0.39, 0.29) is 43.3 Å². The van der Waals surface area contributed by atoms with Gasteiger partial charge in [-0.3, -0.25) is 4.90 Å². The monoisotopic (exact) mass is 472 g/mol. The number of anilines is 1. The van der Waals surface area contributed by atoms with Crippen LogP contribution < -0.4 is 39.2 Å². The molecule has 2 aromatic carbocycles. The van der Waals surface area contributed by atoms with Gasteiger partial charge in [-0.1, -0.05) is 12.1 Å². The van der Waals surface area contributed by atoms with Crippen LogP contribution in [0.15, 0.2) is 48.5 Å². The molecule has 31 heavy (non-hydrogen) atoms. The summed E-state index contributed by atoms with van der Waals surface area (Å²) in [4.78, 5) is 4.46. The van der Waals surface area contributed by atoms with Gasteiger partial charge in [0.05, 0.1) is 19.3 Å². The molecule has 0 aromatic heterocycles. The van der Waals surface area contributed by atoms with E-state index in [4.69, 9.17) is 14.2 Å². The maximum absolute atomic E-state index is 13.1. The summed E-state index contributed by atoms with van der Waals surface area (Å²) in [5.74, 6) is 1.26. The molecule has 0 radical (unpaired) electrons. The molecule has 2 unspecified atom stereocenters. The fraction of sp³-hybridized carbons (Fsp3) is 0.455. The van der Waals surface area contributed by atoms with Crippen molar-refractivity contribution < 1.29 is 48.5 Å². The van der Waals surface area contributed by atoms with Crippen LogP contribution in [0, 0.1) is 5.82 Å². The molecule has 0 bridgehead atoms. The van der Waals surface area contributed by atoms with E-state index in [1.807, 2.05) is 36.4 Å². The summed E-state index contributed by atoms with van der Waals surface area (Å²) in [5.41, 5.74) is 1.03. The topological polar surface area (TPSA) is 54.4 Å². The maximum Gasteiger partial charge on any atom is 0.161 e. The lowest BCUT2D eigenvalue weighted by atomic mass is 10.2. The first kappa shape index (κ1) is 25.5. The second kappa shape index (κ2) is 12.3. The number of ether oxygens (including phenoxy) is 3. The third kappa shape index (κ3) is 7.12. The summed E-state index contributed by atoms with van der Waals surface area (Å²) in [7, 11) is 0. The molecule has 2 aromatic rings. The molecule has 4 rings (SSSR count). The fourth-order valence-corrected chi connectivity index (χ4v) is 3.67. The van der Waals surface area contributed by atoms with E-state index in [0.29, 0.717) is 19.8 Å². The molecule has 6 nitrogen and oxygen atoms in total. The Kier molecular flexibility index (Phi) is 10.1. The van der Waals surface area contributed by atoms with Crippen molar-refractivity contribution >= 4 is 5.69 Å². The minimum atomic E-state index is -0.552. The first-order valence-corrected chi connectivity index (χ1v) is 10.0. The third-order valence-electron chi connectivity index (χ3n) is 5.21. The molecule has 9 heteroatoms. The number of benzene rings is 2. The highest BCUT2D eigenvalue weighted by Crippen LogP contribution is 2.30. The lowest BCUT2D eigenvalue weighted by molar-refractivity contribution is -0.0292. The van der Waals surface area contributed by atoms with Gasteiger partial charge in [0.25, 0.3) is 0 Å². The zero-order valence-corrected chi connectivity index (χ0v) is 18.6. The number of nitrogens with zero attached hydrogens (tertiary/aromatic N) is 2. The SMILES string of the molecule is OC(COCC1COc2ccccc2O1)CN1CCN(c2ccc(F)cc2)CC1.[Cl-].[Cl-]. The molecule has 0 aliphatic carbocycles. The van der Waals surface area contributed by atoms with Crippen LogP contribution >= 0.6 is 0 Å². The van der Waals surface area contributed by atoms with Gasteiger partial charge in [0.2, 0.25) is 0 Å². The lowest BCUT2D eigenvalue weighted by Crippen LogP contribution is -3.00. The van der Waals surface area contributed by atoms with Gasteiger partial charge in [-0.25, -0.2) is 4.39 Å². The van der Waals surface area contributed by atoms with E-state index in [1.165, 1.54) is 12.1 Å². The molecule has 2 atom stereocenters. The smallest absolute Gasteiger partial charge is 0.161 e. The van der Waals surface area contributed by atoms with E-state index in [9.17, 15) is 9.50 Å². The number of β-amino-alcohol motifs (C(OH)–C–C–N with tert-alkyl or cyclic N) is 1. The third-order valence-corrected chi connectivity index (χ3v) is 5.21. The van der Waals surface area contributed by atoms with Crippen LogP contribution in [0.2, 0.25) is 0 Å². The van der Waals surface area contributed by atoms with Crippen LogP contribution in [0.1, 0.15) is 0 Å². The highest BCUT2D eigenvalue weighted by molar-refractivity contribution is 5.46. The molecule has 0 spiro atoms. The molecule has 0 saturated carbocycles. The van der Waals surface area contributed by atoms with E-state index >= 15 is 0 Å². The number of fused-ring (bicyclic) bond motifs is 1. The number of aliphatic hydroxyl groups is 1. The summed E-state index contributed by atoms with van der Waals surface area (Å²) >= 11 is 0. The highest BCUT2D eigenvalue weighted by atomic mass is 35.5. The van der Waals surface area contributed by atoms with Crippen LogP contribution in [0.3, 0.4) is 0 Å². The number of hydrogen-bond acceptors (Lipinski definition) is 6. The molecule has 2 aliphatic rings. The summed E-state index contributed by atoms with van der Waals surface area (Å²) in [6.07, 6.45) is -0.722. The number of piperazine rings is 1. The molecule has 172 valence electrons. The van der Waals surface area contributed by atoms with E-state index < -0.39 is 6.10 Å². The molecule has 1 N–H and O–H groups in total. The second-order valence-electron chi connectivity index (χ2n) is 7.45. The van der Waals surface area contributed by atoms with E-state index in [0.717, 1.165) is 43.4 Å². The maximum atomic E-state index is 13.1. The second-order valence-corrected chi connectivity index (χ2v) is 7.45. The fourth-order valence-electron chi connectivity index (χ4n) is 3.67.